The molecule has 0 spiro atoms. The summed E-state index contributed by atoms with van der Waals surface area (Å²) in [4.78, 5) is 15.5. The topological polar surface area (TPSA) is 117 Å². The van der Waals surface area contributed by atoms with Gasteiger partial charge in [-0.15, -0.1) is 0 Å². The van der Waals surface area contributed by atoms with Gasteiger partial charge in [-0.1, -0.05) is 18.2 Å². The van der Waals surface area contributed by atoms with Crippen molar-refractivity contribution < 1.29 is 29.2 Å². The van der Waals surface area contributed by atoms with Gasteiger partial charge in [-0.25, -0.2) is 0 Å². The molecule has 1 aromatic heterocycles. The molecule has 9 heteroatoms. The fourth-order valence-electron chi connectivity index (χ4n) is 5.27. The minimum Gasteiger partial charge on any atom is -0.507 e. The largest absolute Gasteiger partial charge is 0.507 e. The zero-order valence-corrected chi connectivity index (χ0v) is 22.5. The van der Waals surface area contributed by atoms with Gasteiger partial charge in [-0.05, 0) is 72.9 Å². The van der Waals surface area contributed by atoms with Gasteiger partial charge in [0.1, 0.15) is 17.1 Å². The minimum absolute atomic E-state index is 0.00189. The number of carbonyl (C=O) groups excluding carboxylic acids is 1. The van der Waals surface area contributed by atoms with Crippen molar-refractivity contribution in [1.29, 1.82) is 0 Å². The molecule has 5 rings (SSSR count). The van der Waals surface area contributed by atoms with E-state index in [1.54, 1.807) is 37.3 Å². The van der Waals surface area contributed by atoms with E-state index in [-0.39, 0.29) is 17.4 Å². The van der Waals surface area contributed by atoms with Crippen molar-refractivity contribution in [2.45, 2.75) is 26.3 Å². The number of fused-ring (bicyclic) bond motifs is 1. The number of nitrogens with zero attached hydrogens (tertiary/aromatic N) is 2. The number of methoxy groups -OCH3 is 3. The quantitative estimate of drug-likeness (QED) is 0.297. The predicted molar refractivity (Wildman–Crippen MR) is 146 cm³/mol. The molecule has 0 saturated carbocycles. The van der Waals surface area contributed by atoms with Crippen LogP contribution in [0.15, 0.2) is 48.5 Å². The normalized spacial score (nSPS) is 14.4. The molecule has 1 atom stereocenters. The Morgan fingerprint density at radius 3 is 2.38 bits per heavy atom. The van der Waals surface area contributed by atoms with E-state index in [1.165, 1.54) is 7.11 Å². The van der Waals surface area contributed by atoms with Crippen LogP contribution in [0, 0.1) is 13.8 Å². The Balaban J connectivity index is 1.60. The van der Waals surface area contributed by atoms with E-state index in [0.717, 1.165) is 22.3 Å². The van der Waals surface area contributed by atoms with Crippen LogP contribution in [0.5, 0.6) is 28.7 Å². The second-order valence-corrected chi connectivity index (χ2v) is 9.61. The van der Waals surface area contributed by atoms with Gasteiger partial charge in [-0.3, -0.25) is 9.89 Å². The minimum atomic E-state index is -0.531. The molecule has 0 bridgehead atoms. The highest BCUT2D eigenvalue weighted by Crippen LogP contribution is 2.46. The van der Waals surface area contributed by atoms with Crippen molar-refractivity contribution >= 4 is 5.91 Å². The maximum absolute atomic E-state index is 13.8. The standard InChI is InChI=1S/C30H31N3O6/c1-16-12-17(2)29(35)20(13-16)26-25-27(32-31-26)30(36)33(28(25)19-7-8-21(34)23(15-19)38-4)11-10-18-6-9-22(37-3)24(14-18)39-5/h6-9,12-15,28,34-35H,10-11H2,1-5H3,(H,31,32). The number of carbonyl (C=O) groups is 1. The molecule has 1 amide bonds. The third kappa shape index (κ3) is 4.50. The van der Waals surface area contributed by atoms with Crippen LogP contribution >= 0.6 is 0 Å². The first-order valence-electron chi connectivity index (χ1n) is 12.5. The number of aromatic nitrogens is 2. The van der Waals surface area contributed by atoms with Crippen LogP contribution in [0.3, 0.4) is 0 Å². The summed E-state index contributed by atoms with van der Waals surface area (Å²) in [5, 5.41) is 28.6. The highest BCUT2D eigenvalue weighted by Gasteiger charge is 2.42. The summed E-state index contributed by atoms with van der Waals surface area (Å²) in [7, 11) is 4.66. The number of aryl methyl sites for hydroxylation is 2. The first-order valence-corrected chi connectivity index (χ1v) is 12.5. The van der Waals surface area contributed by atoms with Gasteiger partial charge in [0, 0.05) is 17.7 Å². The number of amides is 1. The van der Waals surface area contributed by atoms with E-state index in [9.17, 15) is 15.0 Å². The molecule has 3 N–H and O–H groups in total. The van der Waals surface area contributed by atoms with Crippen molar-refractivity contribution in [1.82, 2.24) is 15.1 Å². The molecule has 0 aliphatic carbocycles. The highest BCUT2D eigenvalue weighted by molar-refractivity contribution is 6.00. The fourth-order valence-corrected chi connectivity index (χ4v) is 5.27. The summed E-state index contributed by atoms with van der Waals surface area (Å²) < 4.78 is 16.2. The lowest BCUT2D eigenvalue weighted by Crippen LogP contribution is -2.31. The fraction of sp³-hybridized carbons (Fsp3) is 0.267. The maximum atomic E-state index is 13.8. The number of rotatable bonds is 8. The van der Waals surface area contributed by atoms with Gasteiger partial charge >= 0.3 is 0 Å². The molecule has 1 unspecified atom stereocenters. The van der Waals surface area contributed by atoms with E-state index in [0.29, 0.717) is 52.7 Å². The van der Waals surface area contributed by atoms with Crippen LogP contribution in [-0.2, 0) is 6.42 Å². The average molecular weight is 530 g/mol. The van der Waals surface area contributed by atoms with E-state index < -0.39 is 6.04 Å². The van der Waals surface area contributed by atoms with Crippen molar-refractivity contribution in [2.75, 3.05) is 27.9 Å². The summed E-state index contributed by atoms with van der Waals surface area (Å²) in [6, 6.07) is 14.0. The number of aromatic hydroxyl groups is 2. The lowest BCUT2D eigenvalue weighted by atomic mass is 9.93. The third-order valence-corrected chi connectivity index (χ3v) is 7.17. The van der Waals surface area contributed by atoms with Crippen LogP contribution in [0.1, 0.15) is 44.3 Å². The molecule has 202 valence electrons. The second kappa shape index (κ2) is 10.2. The molecule has 1 aliphatic rings. The molecule has 4 aromatic rings. The molecule has 1 aliphatic heterocycles. The molecule has 39 heavy (non-hydrogen) atoms. The summed E-state index contributed by atoms with van der Waals surface area (Å²) in [6.45, 7) is 4.18. The number of hydrogen-bond acceptors (Lipinski definition) is 7. The number of H-pyrrole nitrogens is 1. The van der Waals surface area contributed by atoms with Crippen LogP contribution in [0.4, 0.5) is 0 Å². The lowest BCUT2D eigenvalue weighted by Gasteiger charge is -2.27. The Morgan fingerprint density at radius 1 is 0.923 bits per heavy atom. The third-order valence-electron chi connectivity index (χ3n) is 7.17. The van der Waals surface area contributed by atoms with Crippen molar-refractivity contribution in [3.05, 3.63) is 82.0 Å². The number of ether oxygens (including phenoxy) is 3. The van der Waals surface area contributed by atoms with Crippen LogP contribution < -0.4 is 14.2 Å². The Morgan fingerprint density at radius 2 is 1.67 bits per heavy atom. The number of phenols is 2. The molecular formula is C30H31N3O6. The second-order valence-electron chi connectivity index (χ2n) is 9.61. The van der Waals surface area contributed by atoms with E-state index in [1.807, 2.05) is 44.2 Å². The van der Waals surface area contributed by atoms with Gasteiger partial charge < -0.3 is 29.3 Å². The zero-order valence-electron chi connectivity index (χ0n) is 22.5. The van der Waals surface area contributed by atoms with Crippen LogP contribution in [0.25, 0.3) is 11.3 Å². The monoisotopic (exact) mass is 529 g/mol. The first-order chi connectivity index (χ1) is 18.8. The summed E-state index contributed by atoms with van der Waals surface area (Å²) in [6.07, 6.45) is 0.555. The Labute approximate surface area is 226 Å². The predicted octanol–water partition coefficient (Wildman–Crippen LogP) is 4.92. The lowest BCUT2D eigenvalue weighted by molar-refractivity contribution is 0.0745. The van der Waals surface area contributed by atoms with Crippen molar-refractivity contribution in [3.8, 4) is 40.0 Å². The van der Waals surface area contributed by atoms with Gasteiger partial charge in [-0.2, -0.15) is 5.10 Å². The van der Waals surface area contributed by atoms with Crippen molar-refractivity contribution in [2.24, 2.45) is 0 Å². The first kappa shape index (κ1) is 26.0. The van der Waals surface area contributed by atoms with E-state index in [2.05, 4.69) is 10.2 Å². The van der Waals surface area contributed by atoms with E-state index >= 15 is 0 Å². The van der Waals surface area contributed by atoms with Crippen LogP contribution in [0.2, 0.25) is 0 Å². The smallest absolute Gasteiger partial charge is 0.273 e. The zero-order chi connectivity index (χ0) is 27.8. The molecule has 2 heterocycles. The van der Waals surface area contributed by atoms with Gasteiger partial charge in [0.25, 0.3) is 5.91 Å². The number of benzene rings is 3. The summed E-state index contributed by atoms with van der Waals surface area (Å²) in [5.74, 6) is 1.46. The molecular weight excluding hydrogens is 498 g/mol. The van der Waals surface area contributed by atoms with Crippen LogP contribution in [-0.4, -0.2) is 59.1 Å². The Kier molecular flexibility index (Phi) is 6.82. The van der Waals surface area contributed by atoms with Gasteiger partial charge in [0.15, 0.2) is 23.0 Å². The van der Waals surface area contributed by atoms with Crippen molar-refractivity contribution in [3.63, 3.8) is 0 Å². The molecule has 0 radical (unpaired) electrons. The Hall–Kier alpha value is -4.66. The summed E-state index contributed by atoms with van der Waals surface area (Å²) >= 11 is 0. The molecule has 0 saturated heterocycles. The van der Waals surface area contributed by atoms with Gasteiger partial charge in [0.05, 0.1) is 27.4 Å². The Bertz CT molecular complexity index is 1560. The van der Waals surface area contributed by atoms with Gasteiger partial charge in [0.2, 0.25) is 0 Å². The molecule has 3 aromatic carbocycles. The van der Waals surface area contributed by atoms with E-state index in [4.69, 9.17) is 14.2 Å². The average Bonchev–Trinajstić information content (AvgIpc) is 3.48. The number of phenolic OH excluding ortho intramolecular Hbond substituents is 2. The highest BCUT2D eigenvalue weighted by atomic mass is 16.5. The number of aromatic amines is 1. The number of nitrogens with one attached hydrogen (secondary N) is 1. The summed E-state index contributed by atoms with van der Waals surface area (Å²) in [5.41, 5.74) is 5.50. The molecule has 0 fully saturated rings. The number of hydrogen-bond donors (Lipinski definition) is 3. The SMILES string of the molecule is COc1cc(C2c3c(-c4cc(C)cc(C)c4O)n[nH]c3C(=O)N2CCc2ccc(OC)c(OC)c2)ccc1O. The maximum Gasteiger partial charge on any atom is 0.273 e. The molecule has 9 nitrogen and oxygen atoms in total.